The van der Waals surface area contributed by atoms with E-state index >= 15 is 0 Å². The Hall–Kier alpha value is -2.47. The Bertz CT molecular complexity index is 846. The van der Waals surface area contributed by atoms with Crippen LogP contribution in [0.15, 0.2) is 46.9 Å². The van der Waals surface area contributed by atoms with Crippen LogP contribution in [0.25, 0.3) is 11.3 Å². The number of hydrogen-bond donors (Lipinski definition) is 2. The number of para-hydroxylation sites is 1. The van der Waals surface area contributed by atoms with Crippen molar-refractivity contribution in [2.24, 2.45) is 0 Å². The molecule has 118 valence electrons. The number of ether oxygens (including phenoxy) is 2. The third-order valence-corrected chi connectivity index (χ3v) is 4.05. The summed E-state index contributed by atoms with van der Waals surface area (Å²) in [4.78, 5) is 0. The highest BCUT2D eigenvalue weighted by Gasteiger charge is 2.18. The summed E-state index contributed by atoms with van der Waals surface area (Å²) >= 11 is 3.46. The summed E-state index contributed by atoms with van der Waals surface area (Å²) in [5, 5.41) is 17.4. The van der Waals surface area contributed by atoms with Gasteiger partial charge in [-0.05, 0) is 47.1 Å². The number of phenolic OH excluding ortho intramolecular Hbond substituents is 1. The number of phenols is 1. The Morgan fingerprint density at radius 1 is 1.17 bits per heavy atom. The molecule has 0 fully saturated rings. The largest absolute Gasteiger partial charge is 0.507 e. The molecule has 0 amide bonds. The number of aromatic nitrogens is 2. The summed E-state index contributed by atoms with van der Waals surface area (Å²) in [5.41, 5.74) is 1.88. The lowest BCUT2D eigenvalue weighted by molar-refractivity contribution is 0.408. The van der Waals surface area contributed by atoms with E-state index in [1.165, 1.54) is 0 Å². The number of hydrogen-bond acceptors (Lipinski definition) is 4. The Morgan fingerprint density at radius 3 is 2.65 bits per heavy atom. The standard InChI is InChI=1S/C17H15BrN2O3/c1-10-17(23-15-6-4-3-5-13(15)18)16(20-19-10)12-8-7-11(22-2)9-14(12)21/h3-9,21H,1-2H3,(H,19,20). The Morgan fingerprint density at radius 2 is 1.96 bits per heavy atom. The fourth-order valence-corrected chi connectivity index (χ4v) is 2.57. The predicted octanol–water partition coefficient (Wildman–Crippen LogP) is 4.65. The van der Waals surface area contributed by atoms with Gasteiger partial charge in [-0.15, -0.1) is 0 Å². The molecule has 0 radical (unpaired) electrons. The van der Waals surface area contributed by atoms with Gasteiger partial charge in [-0.2, -0.15) is 5.10 Å². The van der Waals surface area contributed by atoms with Crippen LogP contribution in [0.4, 0.5) is 0 Å². The van der Waals surface area contributed by atoms with Crippen molar-refractivity contribution in [1.29, 1.82) is 0 Å². The second-order valence-corrected chi connectivity index (χ2v) is 5.80. The summed E-state index contributed by atoms with van der Waals surface area (Å²) in [6.45, 7) is 1.86. The van der Waals surface area contributed by atoms with Crippen molar-refractivity contribution in [3.05, 3.63) is 52.6 Å². The smallest absolute Gasteiger partial charge is 0.176 e. The maximum absolute atomic E-state index is 10.2. The van der Waals surface area contributed by atoms with Crippen molar-refractivity contribution in [2.45, 2.75) is 6.92 Å². The van der Waals surface area contributed by atoms with Crippen molar-refractivity contribution in [2.75, 3.05) is 7.11 Å². The molecule has 6 heteroatoms. The summed E-state index contributed by atoms with van der Waals surface area (Å²) in [6, 6.07) is 12.6. The molecule has 0 saturated heterocycles. The van der Waals surface area contributed by atoms with E-state index in [0.29, 0.717) is 28.5 Å². The minimum absolute atomic E-state index is 0.0767. The monoisotopic (exact) mass is 374 g/mol. The number of aryl methyl sites for hydroxylation is 1. The van der Waals surface area contributed by atoms with Crippen LogP contribution < -0.4 is 9.47 Å². The number of halogens is 1. The Balaban J connectivity index is 2.04. The maximum atomic E-state index is 10.2. The molecule has 5 nitrogen and oxygen atoms in total. The number of nitrogens with zero attached hydrogens (tertiary/aromatic N) is 1. The SMILES string of the molecule is COc1ccc(-c2n[nH]c(C)c2Oc2ccccc2Br)c(O)c1. The molecule has 0 saturated carbocycles. The van der Waals surface area contributed by atoms with Gasteiger partial charge in [0.25, 0.3) is 0 Å². The molecule has 0 aliphatic heterocycles. The van der Waals surface area contributed by atoms with E-state index in [4.69, 9.17) is 9.47 Å². The van der Waals surface area contributed by atoms with E-state index in [1.54, 1.807) is 25.3 Å². The van der Waals surface area contributed by atoms with E-state index < -0.39 is 0 Å². The molecule has 23 heavy (non-hydrogen) atoms. The minimum Gasteiger partial charge on any atom is -0.507 e. The lowest BCUT2D eigenvalue weighted by Gasteiger charge is -2.10. The molecule has 0 bridgehead atoms. The van der Waals surface area contributed by atoms with Crippen LogP contribution in [0.5, 0.6) is 23.0 Å². The van der Waals surface area contributed by atoms with Gasteiger partial charge in [-0.3, -0.25) is 5.10 Å². The van der Waals surface area contributed by atoms with Crippen LogP contribution in [0.2, 0.25) is 0 Å². The van der Waals surface area contributed by atoms with E-state index in [1.807, 2.05) is 31.2 Å². The number of aromatic amines is 1. The number of aromatic hydroxyl groups is 1. The molecule has 0 spiro atoms. The van der Waals surface area contributed by atoms with Gasteiger partial charge in [-0.25, -0.2) is 0 Å². The van der Waals surface area contributed by atoms with Crippen LogP contribution in [-0.4, -0.2) is 22.4 Å². The molecule has 1 aromatic heterocycles. The number of methoxy groups -OCH3 is 1. The number of benzene rings is 2. The molecule has 0 aliphatic rings. The predicted molar refractivity (Wildman–Crippen MR) is 91.2 cm³/mol. The van der Waals surface area contributed by atoms with Gasteiger partial charge in [0, 0.05) is 11.6 Å². The Kier molecular flexibility index (Phi) is 4.25. The molecule has 1 heterocycles. The van der Waals surface area contributed by atoms with E-state index in [-0.39, 0.29) is 5.75 Å². The lowest BCUT2D eigenvalue weighted by atomic mass is 10.1. The van der Waals surface area contributed by atoms with Crippen LogP contribution >= 0.6 is 15.9 Å². The molecule has 0 unspecified atom stereocenters. The average molecular weight is 375 g/mol. The summed E-state index contributed by atoms with van der Waals surface area (Å²) in [7, 11) is 1.55. The zero-order valence-corrected chi connectivity index (χ0v) is 14.2. The van der Waals surface area contributed by atoms with E-state index in [0.717, 1.165) is 10.2 Å². The number of nitrogens with one attached hydrogen (secondary N) is 1. The molecular weight excluding hydrogens is 360 g/mol. The summed E-state index contributed by atoms with van der Waals surface area (Å²) in [6.07, 6.45) is 0. The zero-order chi connectivity index (χ0) is 16.4. The van der Waals surface area contributed by atoms with E-state index in [9.17, 15) is 5.11 Å². The van der Waals surface area contributed by atoms with Crippen molar-refractivity contribution < 1.29 is 14.6 Å². The Labute approximate surface area is 142 Å². The van der Waals surface area contributed by atoms with Crippen LogP contribution in [0.1, 0.15) is 5.69 Å². The highest BCUT2D eigenvalue weighted by atomic mass is 79.9. The maximum Gasteiger partial charge on any atom is 0.176 e. The fraction of sp³-hybridized carbons (Fsp3) is 0.118. The first-order valence-corrected chi connectivity index (χ1v) is 7.74. The van der Waals surface area contributed by atoms with Gasteiger partial charge in [0.15, 0.2) is 5.75 Å². The lowest BCUT2D eigenvalue weighted by Crippen LogP contribution is -1.90. The van der Waals surface area contributed by atoms with Gasteiger partial charge in [0.1, 0.15) is 22.9 Å². The first-order valence-electron chi connectivity index (χ1n) is 6.95. The molecule has 3 rings (SSSR count). The molecule has 3 aromatic rings. The number of H-pyrrole nitrogens is 1. The molecule has 2 aromatic carbocycles. The topological polar surface area (TPSA) is 67.4 Å². The van der Waals surface area contributed by atoms with Crippen molar-refractivity contribution in [1.82, 2.24) is 10.2 Å². The van der Waals surface area contributed by atoms with Crippen molar-refractivity contribution >= 4 is 15.9 Å². The highest BCUT2D eigenvalue weighted by Crippen LogP contribution is 2.40. The highest BCUT2D eigenvalue weighted by molar-refractivity contribution is 9.10. The molecule has 2 N–H and O–H groups in total. The van der Waals surface area contributed by atoms with Gasteiger partial charge < -0.3 is 14.6 Å². The molecular formula is C17H15BrN2O3. The minimum atomic E-state index is 0.0767. The van der Waals surface area contributed by atoms with Crippen molar-refractivity contribution in [3.63, 3.8) is 0 Å². The second kappa shape index (κ2) is 6.34. The van der Waals surface area contributed by atoms with Crippen LogP contribution in [0.3, 0.4) is 0 Å². The third-order valence-electron chi connectivity index (χ3n) is 3.40. The zero-order valence-electron chi connectivity index (χ0n) is 12.6. The molecule has 0 atom stereocenters. The van der Waals surface area contributed by atoms with E-state index in [2.05, 4.69) is 26.1 Å². The number of rotatable bonds is 4. The van der Waals surface area contributed by atoms with Crippen LogP contribution in [-0.2, 0) is 0 Å². The average Bonchev–Trinajstić information content (AvgIpc) is 2.90. The van der Waals surface area contributed by atoms with Gasteiger partial charge in [-0.1, -0.05) is 12.1 Å². The van der Waals surface area contributed by atoms with Gasteiger partial charge >= 0.3 is 0 Å². The van der Waals surface area contributed by atoms with Crippen LogP contribution in [0, 0.1) is 6.92 Å². The first-order chi connectivity index (χ1) is 11.1. The normalized spacial score (nSPS) is 10.6. The van der Waals surface area contributed by atoms with Gasteiger partial charge in [0.2, 0.25) is 0 Å². The summed E-state index contributed by atoms with van der Waals surface area (Å²) in [5.74, 6) is 1.89. The third kappa shape index (κ3) is 3.03. The second-order valence-electron chi connectivity index (χ2n) is 4.94. The summed E-state index contributed by atoms with van der Waals surface area (Å²) < 4.78 is 11.9. The van der Waals surface area contributed by atoms with Gasteiger partial charge in [0.05, 0.1) is 17.3 Å². The molecule has 0 aliphatic carbocycles. The first kappa shape index (κ1) is 15.4. The van der Waals surface area contributed by atoms with Crippen molar-refractivity contribution in [3.8, 4) is 34.3 Å². The quantitative estimate of drug-likeness (QED) is 0.696. The fourth-order valence-electron chi connectivity index (χ4n) is 2.20.